The Hall–Kier alpha value is -2.56. The third-order valence-electron chi connectivity index (χ3n) is 4.65. The van der Waals surface area contributed by atoms with Crippen LogP contribution in [-0.2, 0) is 0 Å². The van der Waals surface area contributed by atoms with Gasteiger partial charge in [0.1, 0.15) is 0 Å². The van der Waals surface area contributed by atoms with E-state index in [9.17, 15) is 0 Å². The average molecular weight is 407 g/mol. The highest BCUT2D eigenvalue weighted by atomic mass is 35.5. The highest BCUT2D eigenvalue weighted by Crippen LogP contribution is 2.40. The van der Waals surface area contributed by atoms with Gasteiger partial charge >= 0.3 is 0 Å². The van der Waals surface area contributed by atoms with Crippen LogP contribution in [0, 0.1) is 13.8 Å². The molecule has 0 N–H and O–H groups in total. The van der Waals surface area contributed by atoms with Gasteiger partial charge < -0.3 is 4.42 Å². The van der Waals surface area contributed by atoms with Crippen molar-refractivity contribution in [2.24, 2.45) is 0 Å². The van der Waals surface area contributed by atoms with Crippen LogP contribution in [0.25, 0.3) is 11.5 Å². The molecule has 0 saturated carbocycles. The van der Waals surface area contributed by atoms with E-state index in [2.05, 4.69) is 48.3 Å². The van der Waals surface area contributed by atoms with E-state index in [1.807, 2.05) is 48.5 Å². The van der Waals surface area contributed by atoms with Gasteiger partial charge in [-0.15, -0.1) is 10.2 Å². The highest BCUT2D eigenvalue weighted by Gasteiger charge is 2.20. The van der Waals surface area contributed by atoms with E-state index in [0.29, 0.717) is 11.1 Å². The molecule has 140 valence electrons. The number of aromatic nitrogens is 2. The van der Waals surface area contributed by atoms with E-state index >= 15 is 0 Å². The van der Waals surface area contributed by atoms with Crippen LogP contribution in [0.2, 0.25) is 5.02 Å². The molecular weight excluding hydrogens is 388 g/mol. The second-order valence-electron chi connectivity index (χ2n) is 6.63. The predicted molar refractivity (Wildman–Crippen MR) is 115 cm³/mol. The second-order valence-corrected chi connectivity index (χ2v) is 8.13. The van der Waals surface area contributed by atoms with Gasteiger partial charge in [-0.1, -0.05) is 71.9 Å². The SMILES string of the molecule is Cc1ccc(-c2nnc(S[C@H](c3ccccc3)c3ccc(Cl)cc3)o2)cc1C. The van der Waals surface area contributed by atoms with Crippen LogP contribution in [0.3, 0.4) is 0 Å². The number of benzene rings is 3. The minimum Gasteiger partial charge on any atom is -0.411 e. The first-order chi connectivity index (χ1) is 13.6. The number of rotatable bonds is 5. The maximum absolute atomic E-state index is 6.07. The quantitative estimate of drug-likeness (QED) is 0.338. The van der Waals surface area contributed by atoms with Crippen molar-refractivity contribution in [3.05, 3.63) is 100 Å². The van der Waals surface area contributed by atoms with Crippen LogP contribution in [0.15, 0.2) is 82.4 Å². The molecule has 0 unspecified atom stereocenters. The lowest BCUT2D eigenvalue weighted by Crippen LogP contribution is -1.96. The third kappa shape index (κ3) is 4.13. The molecule has 0 aliphatic rings. The van der Waals surface area contributed by atoms with E-state index in [0.717, 1.165) is 16.1 Å². The molecule has 0 spiro atoms. The van der Waals surface area contributed by atoms with E-state index < -0.39 is 0 Å². The summed E-state index contributed by atoms with van der Waals surface area (Å²) in [5.41, 5.74) is 5.68. The zero-order chi connectivity index (χ0) is 19.5. The zero-order valence-corrected chi connectivity index (χ0v) is 17.2. The van der Waals surface area contributed by atoms with Gasteiger partial charge in [0, 0.05) is 10.6 Å². The van der Waals surface area contributed by atoms with Crippen molar-refractivity contribution in [2.45, 2.75) is 24.3 Å². The normalized spacial score (nSPS) is 12.1. The minimum atomic E-state index is 0.0338. The topological polar surface area (TPSA) is 38.9 Å². The van der Waals surface area contributed by atoms with Crippen molar-refractivity contribution in [3.63, 3.8) is 0 Å². The lowest BCUT2D eigenvalue weighted by atomic mass is 10.0. The Kier molecular flexibility index (Phi) is 5.51. The lowest BCUT2D eigenvalue weighted by Gasteiger charge is -2.15. The van der Waals surface area contributed by atoms with Gasteiger partial charge in [0.15, 0.2) is 0 Å². The fourth-order valence-electron chi connectivity index (χ4n) is 2.94. The maximum atomic E-state index is 6.07. The van der Waals surface area contributed by atoms with Crippen molar-refractivity contribution in [2.75, 3.05) is 0 Å². The van der Waals surface area contributed by atoms with Crippen molar-refractivity contribution < 1.29 is 4.42 Å². The second kappa shape index (κ2) is 8.21. The molecule has 4 rings (SSSR count). The molecule has 3 nitrogen and oxygen atoms in total. The minimum absolute atomic E-state index is 0.0338. The Morgan fingerprint density at radius 3 is 2.25 bits per heavy atom. The van der Waals surface area contributed by atoms with Crippen LogP contribution >= 0.6 is 23.4 Å². The fraction of sp³-hybridized carbons (Fsp3) is 0.130. The lowest BCUT2D eigenvalue weighted by molar-refractivity contribution is 0.465. The Labute approximate surface area is 173 Å². The number of hydrogen-bond donors (Lipinski definition) is 0. The summed E-state index contributed by atoms with van der Waals surface area (Å²) >= 11 is 7.61. The summed E-state index contributed by atoms with van der Waals surface area (Å²) in [6.45, 7) is 4.17. The number of halogens is 1. The van der Waals surface area contributed by atoms with Crippen molar-refractivity contribution >= 4 is 23.4 Å². The van der Waals surface area contributed by atoms with Crippen LogP contribution < -0.4 is 0 Å². The molecule has 0 saturated heterocycles. The van der Waals surface area contributed by atoms with E-state index in [1.165, 1.54) is 16.7 Å². The molecular formula is C23H19ClN2OS. The van der Waals surface area contributed by atoms with Crippen molar-refractivity contribution in [1.82, 2.24) is 10.2 Å². The number of thioether (sulfide) groups is 1. The van der Waals surface area contributed by atoms with E-state index in [-0.39, 0.29) is 5.25 Å². The standard InChI is InChI=1S/C23H19ClN2OS/c1-15-8-9-19(14-16(15)2)22-25-26-23(27-22)28-21(17-6-4-3-5-7-17)18-10-12-20(24)13-11-18/h3-14,21H,1-2H3/t21-/m1/s1. The molecule has 1 aromatic heterocycles. The summed E-state index contributed by atoms with van der Waals surface area (Å²) < 4.78 is 5.98. The highest BCUT2D eigenvalue weighted by molar-refractivity contribution is 7.99. The van der Waals surface area contributed by atoms with Gasteiger partial charge in [-0.05, 0) is 60.4 Å². The van der Waals surface area contributed by atoms with Crippen LogP contribution in [0.5, 0.6) is 0 Å². The Bertz CT molecular complexity index is 1080. The summed E-state index contributed by atoms with van der Waals surface area (Å²) in [5.74, 6) is 0.536. The molecule has 5 heteroatoms. The third-order valence-corrected chi connectivity index (χ3v) is 6.05. The van der Waals surface area contributed by atoms with Gasteiger partial charge in [-0.25, -0.2) is 0 Å². The Morgan fingerprint density at radius 2 is 1.54 bits per heavy atom. The largest absolute Gasteiger partial charge is 0.411 e. The van der Waals surface area contributed by atoms with Gasteiger partial charge in [0.25, 0.3) is 5.22 Å². The first-order valence-electron chi connectivity index (χ1n) is 8.98. The molecule has 0 radical (unpaired) electrons. The molecule has 0 bridgehead atoms. The fourth-order valence-corrected chi connectivity index (χ4v) is 4.07. The van der Waals surface area contributed by atoms with Gasteiger partial charge in [-0.2, -0.15) is 0 Å². The van der Waals surface area contributed by atoms with Crippen LogP contribution in [0.4, 0.5) is 0 Å². The predicted octanol–water partition coefficient (Wildman–Crippen LogP) is 6.89. The number of aryl methyl sites for hydroxylation is 2. The van der Waals surface area contributed by atoms with Gasteiger partial charge in [0.2, 0.25) is 5.89 Å². The van der Waals surface area contributed by atoms with Crippen molar-refractivity contribution in [3.8, 4) is 11.5 Å². The Morgan fingerprint density at radius 1 is 0.821 bits per heavy atom. The summed E-state index contributed by atoms with van der Waals surface area (Å²) in [7, 11) is 0. The molecule has 0 aliphatic heterocycles. The molecule has 28 heavy (non-hydrogen) atoms. The van der Waals surface area contributed by atoms with Gasteiger partial charge in [0.05, 0.1) is 5.25 Å². The molecule has 0 amide bonds. The summed E-state index contributed by atoms with van der Waals surface area (Å²) in [4.78, 5) is 0. The molecule has 0 fully saturated rings. The summed E-state index contributed by atoms with van der Waals surface area (Å²) in [5, 5.41) is 9.82. The van der Waals surface area contributed by atoms with E-state index in [4.69, 9.17) is 16.0 Å². The summed E-state index contributed by atoms with van der Waals surface area (Å²) in [6, 6.07) is 24.3. The monoisotopic (exact) mass is 406 g/mol. The van der Waals surface area contributed by atoms with Crippen LogP contribution in [-0.4, -0.2) is 10.2 Å². The molecule has 4 aromatic rings. The van der Waals surface area contributed by atoms with Crippen molar-refractivity contribution in [1.29, 1.82) is 0 Å². The zero-order valence-electron chi connectivity index (χ0n) is 15.6. The molecule has 3 aromatic carbocycles. The first kappa shape index (κ1) is 18.8. The maximum Gasteiger partial charge on any atom is 0.277 e. The number of nitrogens with zero attached hydrogens (tertiary/aromatic N) is 2. The Balaban J connectivity index is 1.65. The van der Waals surface area contributed by atoms with E-state index in [1.54, 1.807) is 11.8 Å². The van der Waals surface area contributed by atoms with Gasteiger partial charge in [-0.3, -0.25) is 0 Å². The molecule has 1 heterocycles. The van der Waals surface area contributed by atoms with Crippen LogP contribution in [0.1, 0.15) is 27.5 Å². The summed E-state index contributed by atoms with van der Waals surface area (Å²) in [6.07, 6.45) is 0. The number of hydrogen-bond acceptors (Lipinski definition) is 4. The molecule has 1 atom stereocenters. The first-order valence-corrected chi connectivity index (χ1v) is 10.2. The average Bonchev–Trinajstić information content (AvgIpc) is 3.18. The molecule has 0 aliphatic carbocycles. The smallest absolute Gasteiger partial charge is 0.277 e.